The van der Waals surface area contributed by atoms with Gasteiger partial charge >= 0.3 is 47.6 Å². The summed E-state index contributed by atoms with van der Waals surface area (Å²) in [4.78, 5) is 0. The van der Waals surface area contributed by atoms with Gasteiger partial charge in [0.25, 0.3) is 0 Å². The maximum absolute atomic E-state index is 13.8. The number of benzene rings is 1. The monoisotopic (exact) mass is 554 g/mol. The molecule has 0 amide bonds. The summed E-state index contributed by atoms with van der Waals surface area (Å²) in [6.45, 7) is 0. The second kappa shape index (κ2) is 8.83. The standard InChI is InChI=1S/C17H11F17O/c18-10(19,7-6-9(35)8-4-2-1-3-5-8)11(20,21)12(22,23)13(24,25)14(26,27)15(28,29)16(30,31)17(32,33)34/h1-5,9,35H,6-7H2/t9-/m0/s1. The lowest BCUT2D eigenvalue weighted by Gasteiger charge is -2.42. The Hall–Kier alpha value is -2.01. The number of rotatable bonds is 10. The van der Waals surface area contributed by atoms with Gasteiger partial charge in [-0.15, -0.1) is 0 Å². The van der Waals surface area contributed by atoms with E-state index in [2.05, 4.69) is 0 Å². The van der Waals surface area contributed by atoms with E-state index in [0.717, 1.165) is 12.1 Å². The Labute approximate surface area is 183 Å². The molecule has 0 fully saturated rings. The smallest absolute Gasteiger partial charge is 0.388 e. The Bertz CT molecular complexity index is 859. The van der Waals surface area contributed by atoms with Crippen molar-refractivity contribution < 1.29 is 79.7 Å². The van der Waals surface area contributed by atoms with E-state index in [9.17, 15) is 79.7 Å². The van der Waals surface area contributed by atoms with E-state index >= 15 is 0 Å². The number of hydrogen-bond acceptors (Lipinski definition) is 1. The summed E-state index contributed by atoms with van der Waals surface area (Å²) >= 11 is 0. The summed E-state index contributed by atoms with van der Waals surface area (Å²) in [5, 5.41) is 9.59. The van der Waals surface area contributed by atoms with E-state index in [1.54, 1.807) is 0 Å². The van der Waals surface area contributed by atoms with E-state index in [4.69, 9.17) is 0 Å². The van der Waals surface area contributed by atoms with Crippen LogP contribution in [0.3, 0.4) is 0 Å². The molecule has 1 N–H and O–H groups in total. The van der Waals surface area contributed by atoms with Crippen molar-refractivity contribution in [3.8, 4) is 0 Å². The molecule has 18 heteroatoms. The van der Waals surface area contributed by atoms with Crippen LogP contribution in [0.4, 0.5) is 74.6 Å². The SMILES string of the molecule is O[C@@H](CCC(F)(F)C(F)(F)C(F)(F)C(F)(F)C(F)(F)C(F)(F)C(F)(F)C(F)(F)F)c1ccccc1. The average Bonchev–Trinajstić information content (AvgIpc) is 2.70. The van der Waals surface area contributed by atoms with Gasteiger partial charge in [0.1, 0.15) is 0 Å². The topological polar surface area (TPSA) is 20.2 Å². The molecule has 0 unspecified atom stereocenters. The van der Waals surface area contributed by atoms with E-state index < -0.39 is 66.6 Å². The summed E-state index contributed by atoms with van der Waals surface area (Å²) in [5.41, 5.74) is -0.302. The summed E-state index contributed by atoms with van der Waals surface area (Å²) in [6.07, 6.45) is -14.2. The van der Waals surface area contributed by atoms with Crippen molar-refractivity contribution in [2.75, 3.05) is 0 Å². The molecule has 0 heterocycles. The molecule has 0 aliphatic carbocycles. The van der Waals surface area contributed by atoms with Gasteiger partial charge in [0, 0.05) is 6.42 Å². The fourth-order valence-electron chi connectivity index (χ4n) is 2.51. The van der Waals surface area contributed by atoms with Crippen LogP contribution >= 0.6 is 0 Å². The third kappa shape index (κ3) is 4.61. The van der Waals surface area contributed by atoms with Crippen molar-refractivity contribution in [2.45, 2.75) is 66.6 Å². The van der Waals surface area contributed by atoms with Gasteiger partial charge in [-0.1, -0.05) is 30.3 Å². The molecule has 35 heavy (non-hydrogen) atoms. The maximum atomic E-state index is 13.8. The zero-order chi connectivity index (χ0) is 28.1. The normalized spacial score (nSPS) is 16.4. The van der Waals surface area contributed by atoms with E-state index in [0.29, 0.717) is 0 Å². The van der Waals surface area contributed by atoms with Crippen molar-refractivity contribution in [3.05, 3.63) is 35.9 Å². The van der Waals surface area contributed by atoms with Crippen LogP contribution in [0.1, 0.15) is 24.5 Å². The van der Waals surface area contributed by atoms with Crippen LogP contribution in [0, 0.1) is 0 Å². The molecule has 1 aromatic rings. The Kier molecular flexibility index (Phi) is 7.82. The van der Waals surface area contributed by atoms with E-state index in [1.165, 1.54) is 18.2 Å². The molecule has 1 atom stereocenters. The second-order valence-electron chi connectivity index (χ2n) is 7.11. The van der Waals surface area contributed by atoms with Crippen LogP contribution in [0.5, 0.6) is 0 Å². The highest BCUT2D eigenvalue weighted by molar-refractivity contribution is 5.18. The van der Waals surface area contributed by atoms with Gasteiger partial charge in [-0.25, -0.2) is 0 Å². The van der Waals surface area contributed by atoms with Gasteiger partial charge in [0.2, 0.25) is 0 Å². The molecule has 1 nitrogen and oxygen atoms in total. The first-order chi connectivity index (χ1) is 15.2. The molecule has 0 aliphatic heterocycles. The van der Waals surface area contributed by atoms with Crippen LogP contribution in [-0.2, 0) is 0 Å². The molecular weight excluding hydrogens is 543 g/mol. The molecule has 0 radical (unpaired) electrons. The van der Waals surface area contributed by atoms with Gasteiger partial charge < -0.3 is 5.11 Å². The molecule has 0 spiro atoms. The third-order valence-corrected chi connectivity index (χ3v) is 4.70. The number of aliphatic hydroxyl groups excluding tert-OH is 1. The van der Waals surface area contributed by atoms with E-state index in [-0.39, 0.29) is 5.56 Å². The lowest BCUT2D eigenvalue weighted by atomic mass is 9.87. The Morgan fingerprint density at radius 1 is 0.514 bits per heavy atom. The zero-order valence-electron chi connectivity index (χ0n) is 16.3. The summed E-state index contributed by atoms with van der Waals surface area (Å²) in [6, 6.07) is 5.62. The van der Waals surface area contributed by atoms with Gasteiger partial charge in [-0.3, -0.25) is 0 Å². The van der Waals surface area contributed by atoms with Gasteiger partial charge in [-0.2, -0.15) is 74.6 Å². The molecular formula is C17H11F17O. The number of hydrogen-bond donors (Lipinski definition) is 1. The molecule has 0 saturated heterocycles. The van der Waals surface area contributed by atoms with Crippen molar-refractivity contribution in [1.82, 2.24) is 0 Å². The minimum atomic E-state index is -8.65. The molecule has 0 aliphatic rings. The first kappa shape index (κ1) is 31.0. The predicted molar refractivity (Wildman–Crippen MR) is 81.3 cm³/mol. The van der Waals surface area contributed by atoms with E-state index in [1.807, 2.05) is 0 Å². The van der Waals surface area contributed by atoms with Gasteiger partial charge in [0.15, 0.2) is 0 Å². The van der Waals surface area contributed by atoms with Crippen molar-refractivity contribution in [1.29, 1.82) is 0 Å². The fraction of sp³-hybridized carbons (Fsp3) is 0.647. The largest absolute Gasteiger partial charge is 0.460 e. The number of aliphatic hydroxyl groups is 1. The molecule has 1 rings (SSSR count). The molecule has 1 aromatic carbocycles. The summed E-state index contributed by atoms with van der Waals surface area (Å²) < 4.78 is 224. The lowest BCUT2D eigenvalue weighted by Crippen LogP contribution is -2.74. The van der Waals surface area contributed by atoms with Crippen LogP contribution in [0.2, 0.25) is 0 Å². The summed E-state index contributed by atoms with van der Waals surface area (Å²) in [7, 11) is 0. The highest BCUT2D eigenvalue weighted by Gasteiger charge is 2.95. The first-order valence-corrected chi connectivity index (χ1v) is 8.68. The first-order valence-electron chi connectivity index (χ1n) is 8.68. The van der Waals surface area contributed by atoms with Gasteiger partial charge in [-0.05, 0) is 12.0 Å². The lowest BCUT2D eigenvalue weighted by molar-refractivity contribution is -0.461. The Morgan fingerprint density at radius 3 is 1.23 bits per heavy atom. The van der Waals surface area contributed by atoms with Crippen molar-refractivity contribution in [3.63, 3.8) is 0 Å². The van der Waals surface area contributed by atoms with Crippen molar-refractivity contribution in [2.24, 2.45) is 0 Å². The Balaban J connectivity index is 3.41. The van der Waals surface area contributed by atoms with Crippen LogP contribution < -0.4 is 0 Å². The zero-order valence-corrected chi connectivity index (χ0v) is 16.3. The highest BCUT2D eigenvalue weighted by atomic mass is 19.4. The molecule has 0 aromatic heterocycles. The average molecular weight is 554 g/mol. The number of halogens is 17. The maximum Gasteiger partial charge on any atom is 0.460 e. The Morgan fingerprint density at radius 2 is 0.857 bits per heavy atom. The minimum absolute atomic E-state index is 0.302. The minimum Gasteiger partial charge on any atom is -0.388 e. The van der Waals surface area contributed by atoms with Crippen molar-refractivity contribution >= 4 is 0 Å². The molecule has 0 saturated carbocycles. The molecule has 204 valence electrons. The highest BCUT2D eigenvalue weighted by Crippen LogP contribution is 2.64. The second-order valence-corrected chi connectivity index (χ2v) is 7.11. The summed E-state index contributed by atoms with van der Waals surface area (Å²) in [5.74, 6) is -56.5. The fourth-order valence-corrected chi connectivity index (χ4v) is 2.51. The van der Waals surface area contributed by atoms with Gasteiger partial charge in [0.05, 0.1) is 6.10 Å². The predicted octanol–water partition coefficient (Wildman–Crippen LogP) is 7.51. The quantitative estimate of drug-likeness (QED) is 0.297. The van der Waals surface area contributed by atoms with Crippen LogP contribution in [0.25, 0.3) is 0 Å². The van der Waals surface area contributed by atoms with Crippen LogP contribution in [0.15, 0.2) is 30.3 Å². The van der Waals surface area contributed by atoms with Crippen LogP contribution in [-0.4, -0.2) is 52.7 Å². The third-order valence-electron chi connectivity index (χ3n) is 4.70. The number of alkyl halides is 17. The molecule has 0 bridgehead atoms.